The van der Waals surface area contributed by atoms with Crippen molar-refractivity contribution in [3.05, 3.63) is 16.5 Å². The third-order valence-electron chi connectivity index (χ3n) is 3.26. The zero-order valence-electron chi connectivity index (χ0n) is 10.9. The minimum atomic E-state index is 0.378. The topological polar surface area (TPSA) is 47.0 Å². The van der Waals surface area contributed by atoms with Gasteiger partial charge in [-0.05, 0) is 35.7 Å². The van der Waals surface area contributed by atoms with Crippen LogP contribution in [0.25, 0.3) is 0 Å². The minimum Gasteiger partial charge on any atom is -0.381 e. The van der Waals surface area contributed by atoms with Crippen molar-refractivity contribution in [2.45, 2.75) is 39.2 Å². The van der Waals surface area contributed by atoms with E-state index in [4.69, 9.17) is 4.74 Å². The van der Waals surface area contributed by atoms with Gasteiger partial charge in [-0.2, -0.15) is 0 Å². The van der Waals surface area contributed by atoms with Crippen LogP contribution in [0.5, 0.6) is 0 Å². The van der Waals surface area contributed by atoms with Gasteiger partial charge in [-0.25, -0.2) is 9.97 Å². The number of nitrogens with zero attached hydrogens (tertiary/aromatic N) is 2. The quantitative estimate of drug-likeness (QED) is 0.849. The molecule has 1 saturated heterocycles. The maximum atomic E-state index is 5.42. The lowest BCUT2D eigenvalue weighted by molar-refractivity contribution is 0.183. The molecule has 0 saturated carbocycles. The molecule has 1 aliphatic heterocycles. The van der Waals surface area contributed by atoms with Crippen LogP contribution in [0.1, 0.15) is 32.5 Å². The molecule has 4 nitrogen and oxygen atoms in total. The number of hydrogen-bond donors (Lipinski definition) is 1. The van der Waals surface area contributed by atoms with Gasteiger partial charge in [0.05, 0.1) is 6.61 Å². The van der Waals surface area contributed by atoms with Gasteiger partial charge >= 0.3 is 0 Å². The lowest BCUT2D eigenvalue weighted by atomic mass is 10.0. The molecule has 2 unspecified atom stereocenters. The molecule has 0 bridgehead atoms. The van der Waals surface area contributed by atoms with Crippen LogP contribution in [0.4, 0.5) is 5.82 Å². The standard InChI is InChI=1S/C13H20BrN3O/c1-3-4-12-16-11(14)7-13(17-12)15-9(2)10-5-6-18-8-10/h7,9-10H,3-6,8H2,1-2H3,(H,15,16,17). The van der Waals surface area contributed by atoms with Crippen molar-refractivity contribution >= 4 is 21.7 Å². The summed E-state index contributed by atoms with van der Waals surface area (Å²) in [6.45, 7) is 6.05. The summed E-state index contributed by atoms with van der Waals surface area (Å²) in [5.41, 5.74) is 0. The third-order valence-corrected chi connectivity index (χ3v) is 3.67. The Hall–Kier alpha value is -0.680. The highest BCUT2D eigenvalue weighted by Crippen LogP contribution is 2.21. The number of rotatable bonds is 5. The highest BCUT2D eigenvalue weighted by Gasteiger charge is 2.22. The molecule has 0 spiro atoms. The van der Waals surface area contributed by atoms with Crippen molar-refractivity contribution in [3.63, 3.8) is 0 Å². The number of aryl methyl sites for hydroxylation is 1. The molecule has 2 rings (SSSR count). The number of aromatic nitrogens is 2. The summed E-state index contributed by atoms with van der Waals surface area (Å²) < 4.78 is 6.27. The molecule has 0 aromatic carbocycles. The zero-order chi connectivity index (χ0) is 13.0. The molecule has 0 radical (unpaired) electrons. The summed E-state index contributed by atoms with van der Waals surface area (Å²) in [4.78, 5) is 8.91. The number of halogens is 1. The van der Waals surface area contributed by atoms with Gasteiger partial charge in [-0.1, -0.05) is 6.92 Å². The predicted molar refractivity (Wildman–Crippen MR) is 75.7 cm³/mol. The van der Waals surface area contributed by atoms with Crippen LogP contribution in [-0.2, 0) is 11.2 Å². The van der Waals surface area contributed by atoms with E-state index < -0.39 is 0 Å². The summed E-state index contributed by atoms with van der Waals surface area (Å²) in [6, 6.07) is 2.31. The molecular formula is C13H20BrN3O. The van der Waals surface area contributed by atoms with E-state index in [0.29, 0.717) is 12.0 Å². The second-order valence-corrected chi connectivity index (χ2v) is 5.61. The van der Waals surface area contributed by atoms with E-state index in [1.807, 2.05) is 6.07 Å². The molecule has 1 aromatic rings. The lowest BCUT2D eigenvalue weighted by Crippen LogP contribution is -2.26. The molecule has 1 aromatic heterocycles. The Morgan fingerprint density at radius 3 is 3.06 bits per heavy atom. The number of ether oxygens (including phenoxy) is 1. The van der Waals surface area contributed by atoms with Crippen molar-refractivity contribution < 1.29 is 4.74 Å². The maximum Gasteiger partial charge on any atom is 0.132 e. The normalized spacial score (nSPS) is 20.9. The SMILES string of the molecule is CCCc1nc(Br)cc(NC(C)C2CCOC2)n1. The highest BCUT2D eigenvalue weighted by molar-refractivity contribution is 9.10. The minimum absolute atomic E-state index is 0.378. The van der Waals surface area contributed by atoms with Crippen LogP contribution in [0, 0.1) is 5.92 Å². The molecule has 18 heavy (non-hydrogen) atoms. The van der Waals surface area contributed by atoms with Crippen molar-refractivity contribution in [3.8, 4) is 0 Å². The molecule has 5 heteroatoms. The van der Waals surface area contributed by atoms with Crippen molar-refractivity contribution in [2.24, 2.45) is 5.92 Å². The molecule has 2 atom stereocenters. The molecule has 2 heterocycles. The fourth-order valence-electron chi connectivity index (χ4n) is 2.17. The van der Waals surface area contributed by atoms with Crippen molar-refractivity contribution in [1.29, 1.82) is 0 Å². The average Bonchev–Trinajstić information content (AvgIpc) is 2.81. The molecular weight excluding hydrogens is 294 g/mol. The molecule has 0 amide bonds. The first kappa shape index (κ1) is 13.7. The molecule has 1 fully saturated rings. The average molecular weight is 314 g/mol. The summed E-state index contributed by atoms with van der Waals surface area (Å²) in [7, 11) is 0. The molecule has 1 aliphatic rings. The van der Waals surface area contributed by atoms with Crippen LogP contribution >= 0.6 is 15.9 Å². The number of anilines is 1. The Labute approximate surface area is 117 Å². The predicted octanol–water partition coefficient (Wildman–Crippen LogP) is 3.03. The molecule has 0 aliphatic carbocycles. The van der Waals surface area contributed by atoms with Crippen molar-refractivity contribution in [1.82, 2.24) is 9.97 Å². The monoisotopic (exact) mass is 313 g/mol. The van der Waals surface area contributed by atoms with E-state index in [1.165, 1.54) is 0 Å². The Morgan fingerprint density at radius 2 is 2.39 bits per heavy atom. The first-order valence-electron chi connectivity index (χ1n) is 6.56. The first-order valence-corrected chi connectivity index (χ1v) is 7.36. The summed E-state index contributed by atoms with van der Waals surface area (Å²) in [5.74, 6) is 2.37. The summed E-state index contributed by atoms with van der Waals surface area (Å²) in [5, 5.41) is 3.46. The van der Waals surface area contributed by atoms with Crippen LogP contribution in [-0.4, -0.2) is 29.2 Å². The smallest absolute Gasteiger partial charge is 0.132 e. The fraction of sp³-hybridized carbons (Fsp3) is 0.692. The summed E-state index contributed by atoms with van der Waals surface area (Å²) in [6.07, 6.45) is 3.10. The van der Waals surface area contributed by atoms with Gasteiger partial charge in [0.25, 0.3) is 0 Å². The fourth-order valence-corrected chi connectivity index (χ4v) is 2.59. The Morgan fingerprint density at radius 1 is 1.56 bits per heavy atom. The van der Waals surface area contributed by atoms with Gasteiger partial charge in [0.2, 0.25) is 0 Å². The van der Waals surface area contributed by atoms with Crippen molar-refractivity contribution in [2.75, 3.05) is 18.5 Å². The third kappa shape index (κ3) is 3.65. The number of nitrogens with one attached hydrogen (secondary N) is 1. The van der Waals surface area contributed by atoms with E-state index in [0.717, 1.165) is 48.7 Å². The zero-order valence-corrected chi connectivity index (χ0v) is 12.5. The maximum absolute atomic E-state index is 5.42. The largest absolute Gasteiger partial charge is 0.381 e. The van der Waals surface area contributed by atoms with E-state index in [9.17, 15) is 0 Å². The molecule has 1 N–H and O–H groups in total. The van der Waals surface area contributed by atoms with Crippen LogP contribution < -0.4 is 5.32 Å². The first-order chi connectivity index (χ1) is 8.69. The van der Waals surface area contributed by atoms with Gasteiger partial charge in [0.15, 0.2) is 0 Å². The van der Waals surface area contributed by atoms with Gasteiger partial charge in [0, 0.05) is 31.1 Å². The van der Waals surface area contributed by atoms with Gasteiger partial charge in [-0.3, -0.25) is 0 Å². The van der Waals surface area contributed by atoms with Crippen LogP contribution in [0.2, 0.25) is 0 Å². The second-order valence-electron chi connectivity index (χ2n) is 4.80. The van der Waals surface area contributed by atoms with E-state index >= 15 is 0 Å². The van der Waals surface area contributed by atoms with Gasteiger partial charge < -0.3 is 10.1 Å². The van der Waals surface area contributed by atoms with Gasteiger partial charge in [-0.15, -0.1) is 0 Å². The second kappa shape index (κ2) is 6.48. The van der Waals surface area contributed by atoms with E-state index in [-0.39, 0.29) is 0 Å². The lowest BCUT2D eigenvalue weighted by Gasteiger charge is -2.20. The van der Waals surface area contributed by atoms with E-state index in [2.05, 4.69) is 45.1 Å². The molecule has 100 valence electrons. The number of hydrogen-bond acceptors (Lipinski definition) is 4. The summed E-state index contributed by atoms with van der Waals surface area (Å²) >= 11 is 3.44. The Kier molecular flexibility index (Phi) is 4.95. The van der Waals surface area contributed by atoms with Gasteiger partial charge in [0.1, 0.15) is 16.2 Å². The van der Waals surface area contributed by atoms with Crippen LogP contribution in [0.3, 0.4) is 0 Å². The van der Waals surface area contributed by atoms with Crippen LogP contribution in [0.15, 0.2) is 10.7 Å². The van der Waals surface area contributed by atoms with E-state index in [1.54, 1.807) is 0 Å². The Balaban J connectivity index is 2.03. The Bertz CT molecular complexity index is 394. The highest BCUT2D eigenvalue weighted by atomic mass is 79.9.